The molecular formula is C15H28N2. The molecule has 4 unspecified atom stereocenters. The van der Waals surface area contributed by atoms with Gasteiger partial charge in [-0.15, -0.1) is 0 Å². The molecule has 1 saturated heterocycles. The highest BCUT2D eigenvalue weighted by Crippen LogP contribution is 2.45. The molecule has 1 N–H and O–H groups in total. The topological polar surface area (TPSA) is 15.3 Å². The maximum atomic E-state index is 3.61. The second-order valence-corrected chi connectivity index (χ2v) is 6.77. The Hall–Kier alpha value is -0.0800. The summed E-state index contributed by atoms with van der Waals surface area (Å²) in [5.74, 6) is 2.19. The molecule has 0 amide bonds. The van der Waals surface area contributed by atoms with Gasteiger partial charge in [-0.2, -0.15) is 0 Å². The maximum Gasteiger partial charge on any atom is 0.0196 e. The van der Waals surface area contributed by atoms with Gasteiger partial charge in [0.05, 0.1) is 0 Å². The fourth-order valence-corrected chi connectivity index (χ4v) is 4.06. The molecule has 3 fully saturated rings. The summed E-state index contributed by atoms with van der Waals surface area (Å²) < 4.78 is 0. The Bertz CT molecular complexity index is 262. The highest BCUT2D eigenvalue weighted by Gasteiger charge is 2.38. The third-order valence-electron chi connectivity index (χ3n) is 5.26. The summed E-state index contributed by atoms with van der Waals surface area (Å²) in [6, 6.07) is 2.33. The van der Waals surface area contributed by atoms with Gasteiger partial charge in [0.2, 0.25) is 0 Å². The zero-order valence-corrected chi connectivity index (χ0v) is 11.5. The van der Waals surface area contributed by atoms with Gasteiger partial charge < -0.3 is 5.32 Å². The van der Waals surface area contributed by atoms with Crippen LogP contribution in [0.3, 0.4) is 0 Å². The molecule has 2 saturated carbocycles. The van der Waals surface area contributed by atoms with Crippen LogP contribution in [-0.4, -0.2) is 36.1 Å². The van der Waals surface area contributed by atoms with E-state index in [1.165, 1.54) is 51.6 Å². The van der Waals surface area contributed by atoms with Gasteiger partial charge in [-0.25, -0.2) is 0 Å². The van der Waals surface area contributed by atoms with Crippen molar-refractivity contribution in [2.45, 2.75) is 70.5 Å². The number of hydrogen-bond acceptors (Lipinski definition) is 2. The average molecular weight is 236 g/mol. The molecule has 3 aliphatic rings. The van der Waals surface area contributed by atoms with Gasteiger partial charge in [0, 0.05) is 31.2 Å². The van der Waals surface area contributed by atoms with Crippen molar-refractivity contribution in [1.82, 2.24) is 10.2 Å². The number of piperazine rings is 1. The Balaban J connectivity index is 1.61. The molecular weight excluding hydrogens is 208 g/mol. The van der Waals surface area contributed by atoms with E-state index in [0.717, 1.165) is 23.9 Å². The molecule has 0 spiro atoms. The Morgan fingerprint density at radius 2 is 1.82 bits per heavy atom. The second kappa shape index (κ2) is 4.89. The van der Waals surface area contributed by atoms with Crippen LogP contribution in [0, 0.1) is 11.8 Å². The highest BCUT2D eigenvalue weighted by molar-refractivity contribution is 4.92. The lowest BCUT2D eigenvalue weighted by molar-refractivity contribution is 0.0561. The van der Waals surface area contributed by atoms with Crippen LogP contribution in [0.15, 0.2) is 0 Å². The first-order valence-electron chi connectivity index (χ1n) is 7.73. The van der Waals surface area contributed by atoms with Crippen LogP contribution in [0.5, 0.6) is 0 Å². The van der Waals surface area contributed by atoms with E-state index in [-0.39, 0.29) is 0 Å². The van der Waals surface area contributed by atoms with Crippen molar-refractivity contribution in [3.63, 3.8) is 0 Å². The molecule has 17 heavy (non-hydrogen) atoms. The highest BCUT2D eigenvalue weighted by atomic mass is 15.2. The number of hydrogen-bond donors (Lipinski definition) is 1. The summed E-state index contributed by atoms with van der Waals surface area (Å²) in [5.41, 5.74) is 0. The van der Waals surface area contributed by atoms with Gasteiger partial charge in [-0.1, -0.05) is 12.8 Å². The monoisotopic (exact) mass is 236 g/mol. The zero-order valence-electron chi connectivity index (χ0n) is 11.5. The molecule has 4 atom stereocenters. The molecule has 0 radical (unpaired) electrons. The molecule has 0 aromatic rings. The van der Waals surface area contributed by atoms with Gasteiger partial charge in [0.25, 0.3) is 0 Å². The molecule has 3 rings (SSSR count). The fourth-order valence-electron chi connectivity index (χ4n) is 4.06. The van der Waals surface area contributed by atoms with Crippen molar-refractivity contribution >= 4 is 0 Å². The van der Waals surface area contributed by atoms with Crippen molar-refractivity contribution in [2.24, 2.45) is 11.8 Å². The Morgan fingerprint density at radius 1 is 1.00 bits per heavy atom. The minimum atomic E-state index is 0.688. The zero-order chi connectivity index (χ0) is 11.8. The first kappa shape index (κ1) is 12.0. The molecule has 2 nitrogen and oxygen atoms in total. The predicted octanol–water partition coefficient (Wildman–Crippen LogP) is 2.64. The molecule has 1 heterocycles. The van der Waals surface area contributed by atoms with Crippen molar-refractivity contribution < 1.29 is 0 Å². The van der Waals surface area contributed by atoms with Gasteiger partial charge in [-0.3, -0.25) is 4.90 Å². The quantitative estimate of drug-likeness (QED) is 0.793. The van der Waals surface area contributed by atoms with Crippen LogP contribution >= 0.6 is 0 Å². The summed E-state index contributed by atoms with van der Waals surface area (Å²) in [6.07, 6.45) is 9.03. The van der Waals surface area contributed by atoms with Gasteiger partial charge in [0.15, 0.2) is 0 Å². The molecule has 0 bridgehead atoms. The number of nitrogens with one attached hydrogen (secondary N) is 1. The van der Waals surface area contributed by atoms with E-state index >= 15 is 0 Å². The standard InChI is InChI=1S/C15H28N2/c1-11-10-17(12(2)9-16-11)15-5-3-4-14(8-15)13-6-7-13/h11-16H,3-10H2,1-2H3. The normalized spacial score (nSPS) is 44.8. The fraction of sp³-hybridized carbons (Fsp3) is 1.00. The SMILES string of the molecule is CC1CN(C2CCCC(C3CC3)C2)C(C)CN1. The summed E-state index contributed by atoms with van der Waals surface area (Å²) >= 11 is 0. The van der Waals surface area contributed by atoms with Crippen molar-refractivity contribution in [3.8, 4) is 0 Å². The van der Waals surface area contributed by atoms with E-state index in [0.29, 0.717) is 6.04 Å². The van der Waals surface area contributed by atoms with Crippen LogP contribution < -0.4 is 5.32 Å². The van der Waals surface area contributed by atoms with Crippen LogP contribution in [-0.2, 0) is 0 Å². The molecule has 98 valence electrons. The van der Waals surface area contributed by atoms with Crippen molar-refractivity contribution in [3.05, 3.63) is 0 Å². The van der Waals surface area contributed by atoms with Gasteiger partial charge >= 0.3 is 0 Å². The average Bonchev–Trinajstić information content (AvgIpc) is 3.17. The first-order valence-corrected chi connectivity index (χ1v) is 7.73. The summed E-state index contributed by atoms with van der Waals surface area (Å²) in [7, 11) is 0. The van der Waals surface area contributed by atoms with E-state index in [9.17, 15) is 0 Å². The third-order valence-corrected chi connectivity index (χ3v) is 5.26. The molecule has 0 aromatic carbocycles. The molecule has 2 aliphatic carbocycles. The van der Waals surface area contributed by atoms with E-state index < -0.39 is 0 Å². The van der Waals surface area contributed by atoms with Gasteiger partial charge in [0.1, 0.15) is 0 Å². The Kier molecular flexibility index (Phi) is 3.45. The third kappa shape index (κ3) is 2.68. The van der Waals surface area contributed by atoms with Gasteiger partial charge in [-0.05, 0) is 51.4 Å². The van der Waals surface area contributed by atoms with Crippen LogP contribution in [0.2, 0.25) is 0 Å². The summed E-state index contributed by atoms with van der Waals surface area (Å²) in [5, 5.41) is 3.61. The minimum Gasteiger partial charge on any atom is -0.311 e. The Labute approximate surface area is 106 Å². The lowest BCUT2D eigenvalue weighted by Crippen LogP contribution is -2.58. The lowest BCUT2D eigenvalue weighted by atomic mass is 9.81. The molecule has 2 heteroatoms. The summed E-state index contributed by atoms with van der Waals surface area (Å²) in [4.78, 5) is 2.82. The molecule has 0 aromatic heterocycles. The van der Waals surface area contributed by atoms with Crippen molar-refractivity contribution in [2.75, 3.05) is 13.1 Å². The minimum absolute atomic E-state index is 0.688. The van der Waals surface area contributed by atoms with Crippen LogP contribution in [0.25, 0.3) is 0 Å². The van der Waals surface area contributed by atoms with E-state index in [1.54, 1.807) is 0 Å². The van der Waals surface area contributed by atoms with Crippen molar-refractivity contribution in [1.29, 1.82) is 0 Å². The predicted molar refractivity (Wildman–Crippen MR) is 72.1 cm³/mol. The molecule has 1 aliphatic heterocycles. The smallest absolute Gasteiger partial charge is 0.0196 e. The van der Waals surface area contributed by atoms with E-state index in [1.807, 2.05) is 0 Å². The van der Waals surface area contributed by atoms with Crippen LogP contribution in [0.1, 0.15) is 52.4 Å². The Morgan fingerprint density at radius 3 is 2.59 bits per heavy atom. The number of nitrogens with zero attached hydrogens (tertiary/aromatic N) is 1. The second-order valence-electron chi connectivity index (χ2n) is 6.77. The largest absolute Gasteiger partial charge is 0.311 e. The van der Waals surface area contributed by atoms with E-state index in [4.69, 9.17) is 0 Å². The van der Waals surface area contributed by atoms with Crippen LogP contribution in [0.4, 0.5) is 0 Å². The first-order chi connectivity index (χ1) is 8.24. The number of rotatable bonds is 2. The lowest BCUT2D eigenvalue weighted by Gasteiger charge is -2.45. The van der Waals surface area contributed by atoms with E-state index in [2.05, 4.69) is 24.1 Å². The summed E-state index contributed by atoms with van der Waals surface area (Å²) in [6.45, 7) is 7.19. The maximum absolute atomic E-state index is 3.61.